The molecule has 4 rings (SSSR count). The third-order valence-electron chi connectivity index (χ3n) is 4.76. The minimum atomic E-state index is -0.0525. The molecular weight excluding hydrogens is 324 g/mol. The van der Waals surface area contributed by atoms with Crippen molar-refractivity contribution >= 4 is 11.6 Å². The van der Waals surface area contributed by atoms with Crippen LogP contribution in [0.25, 0.3) is 0 Å². The second-order valence-electron chi connectivity index (χ2n) is 6.76. The van der Waals surface area contributed by atoms with Gasteiger partial charge in [-0.15, -0.1) is 0 Å². The molecular formula is C21H22N4O. The molecule has 5 heteroatoms. The first-order valence-electron chi connectivity index (χ1n) is 8.87. The molecule has 0 aliphatic carbocycles. The topological polar surface area (TPSA) is 52.2 Å². The van der Waals surface area contributed by atoms with E-state index in [0.29, 0.717) is 12.2 Å². The Balaban J connectivity index is 1.58. The van der Waals surface area contributed by atoms with Crippen LogP contribution in [0.1, 0.15) is 27.3 Å². The van der Waals surface area contributed by atoms with Gasteiger partial charge in [0, 0.05) is 37.4 Å². The highest BCUT2D eigenvalue weighted by Gasteiger charge is 2.25. The second kappa shape index (κ2) is 7.14. The van der Waals surface area contributed by atoms with E-state index in [2.05, 4.69) is 40.3 Å². The van der Waals surface area contributed by atoms with Crippen LogP contribution >= 0.6 is 0 Å². The molecule has 0 unspecified atom stereocenters. The molecule has 1 N–H and O–H groups in total. The molecule has 1 aliphatic heterocycles. The van der Waals surface area contributed by atoms with Crippen molar-refractivity contribution in [2.24, 2.45) is 0 Å². The molecule has 3 aromatic rings. The average Bonchev–Trinajstić information content (AvgIpc) is 3.05. The van der Waals surface area contributed by atoms with Crippen molar-refractivity contribution < 1.29 is 4.79 Å². The quantitative estimate of drug-likeness (QED) is 0.793. The normalized spacial score (nSPS) is 14.7. The summed E-state index contributed by atoms with van der Waals surface area (Å²) in [6.07, 6.45) is 0.737. The summed E-state index contributed by atoms with van der Waals surface area (Å²) in [6.45, 7) is 2.34. The minimum absolute atomic E-state index is 0.0525. The molecule has 2 aromatic carbocycles. The third-order valence-corrected chi connectivity index (χ3v) is 4.76. The number of fused-ring (bicyclic) bond motifs is 1. The van der Waals surface area contributed by atoms with Crippen molar-refractivity contribution in [2.75, 3.05) is 25.0 Å². The van der Waals surface area contributed by atoms with Crippen LogP contribution in [0, 0.1) is 0 Å². The third kappa shape index (κ3) is 3.39. The van der Waals surface area contributed by atoms with E-state index < -0.39 is 0 Å². The molecule has 5 nitrogen and oxygen atoms in total. The number of hydrogen-bond donors (Lipinski definition) is 1. The molecule has 132 valence electrons. The van der Waals surface area contributed by atoms with E-state index >= 15 is 0 Å². The van der Waals surface area contributed by atoms with Crippen LogP contribution in [0.4, 0.5) is 5.69 Å². The van der Waals surface area contributed by atoms with Gasteiger partial charge < -0.3 is 9.80 Å². The van der Waals surface area contributed by atoms with E-state index in [0.717, 1.165) is 30.9 Å². The van der Waals surface area contributed by atoms with Crippen molar-refractivity contribution in [1.82, 2.24) is 15.1 Å². The Morgan fingerprint density at radius 1 is 1.08 bits per heavy atom. The Hall–Kier alpha value is -2.92. The predicted octanol–water partition coefficient (Wildman–Crippen LogP) is 3.09. The Morgan fingerprint density at radius 3 is 2.69 bits per heavy atom. The standard InChI is InChI=1S/C21H22N4O/c1-24-11-12-25(20-10-6-5-9-17(20)15-24)21(26)19-14-18(22-23-19)13-16-7-3-2-4-8-16/h2-10,14H,11-13,15H2,1H3,(H,22,23). The van der Waals surface area contributed by atoms with Gasteiger partial charge in [0.05, 0.1) is 0 Å². The monoisotopic (exact) mass is 346 g/mol. The van der Waals surface area contributed by atoms with Gasteiger partial charge >= 0.3 is 0 Å². The zero-order chi connectivity index (χ0) is 17.9. The van der Waals surface area contributed by atoms with Gasteiger partial charge in [0.15, 0.2) is 5.69 Å². The van der Waals surface area contributed by atoms with E-state index in [1.54, 1.807) is 0 Å². The Morgan fingerprint density at radius 2 is 1.85 bits per heavy atom. The van der Waals surface area contributed by atoms with Crippen molar-refractivity contribution in [3.05, 3.63) is 83.2 Å². The average molecular weight is 346 g/mol. The number of nitrogens with one attached hydrogen (secondary N) is 1. The number of anilines is 1. The summed E-state index contributed by atoms with van der Waals surface area (Å²) in [5, 5.41) is 7.29. The summed E-state index contributed by atoms with van der Waals surface area (Å²) in [4.78, 5) is 17.2. The van der Waals surface area contributed by atoms with Crippen LogP contribution in [0.3, 0.4) is 0 Å². The first-order chi connectivity index (χ1) is 12.7. The van der Waals surface area contributed by atoms with Crippen molar-refractivity contribution in [1.29, 1.82) is 0 Å². The highest BCUT2D eigenvalue weighted by Crippen LogP contribution is 2.25. The lowest BCUT2D eigenvalue weighted by Gasteiger charge is -2.21. The molecule has 0 fully saturated rings. The maximum Gasteiger partial charge on any atom is 0.278 e. The van der Waals surface area contributed by atoms with E-state index in [-0.39, 0.29) is 5.91 Å². The van der Waals surface area contributed by atoms with Crippen LogP contribution in [-0.2, 0) is 13.0 Å². The number of rotatable bonds is 3. The number of aromatic amines is 1. The summed E-state index contributed by atoms with van der Waals surface area (Å²) in [5.41, 5.74) is 4.75. The number of para-hydroxylation sites is 1. The van der Waals surface area contributed by atoms with Gasteiger partial charge in [0.25, 0.3) is 5.91 Å². The Bertz CT molecular complexity index is 903. The highest BCUT2D eigenvalue weighted by atomic mass is 16.2. The van der Waals surface area contributed by atoms with Crippen LogP contribution in [0.15, 0.2) is 60.7 Å². The molecule has 1 aromatic heterocycles. The number of nitrogens with zero attached hydrogens (tertiary/aromatic N) is 3. The maximum atomic E-state index is 13.1. The number of H-pyrrole nitrogens is 1. The van der Waals surface area contributed by atoms with Gasteiger partial charge in [-0.3, -0.25) is 9.89 Å². The van der Waals surface area contributed by atoms with Gasteiger partial charge in [0.1, 0.15) is 0 Å². The van der Waals surface area contributed by atoms with Gasteiger partial charge in [-0.2, -0.15) is 5.10 Å². The first-order valence-corrected chi connectivity index (χ1v) is 8.87. The molecule has 0 spiro atoms. The summed E-state index contributed by atoms with van der Waals surface area (Å²) in [7, 11) is 2.08. The molecule has 0 radical (unpaired) electrons. The lowest BCUT2D eigenvalue weighted by Crippen LogP contribution is -2.35. The lowest BCUT2D eigenvalue weighted by atomic mass is 10.1. The summed E-state index contributed by atoms with van der Waals surface area (Å²) in [6, 6.07) is 20.2. The minimum Gasteiger partial charge on any atom is -0.305 e. The molecule has 0 saturated heterocycles. The van der Waals surface area contributed by atoms with Gasteiger partial charge in [-0.05, 0) is 30.3 Å². The zero-order valence-electron chi connectivity index (χ0n) is 14.9. The first kappa shape index (κ1) is 16.5. The zero-order valence-corrected chi connectivity index (χ0v) is 14.9. The highest BCUT2D eigenvalue weighted by molar-refractivity contribution is 6.05. The van der Waals surface area contributed by atoms with Crippen LogP contribution < -0.4 is 4.90 Å². The Kier molecular flexibility index (Phi) is 4.54. The van der Waals surface area contributed by atoms with E-state index in [9.17, 15) is 4.79 Å². The molecule has 2 heterocycles. The smallest absolute Gasteiger partial charge is 0.278 e. The Labute approximate surface area is 153 Å². The van der Waals surface area contributed by atoms with Gasteiger partial charge in [0.2, 0.25) is 0 Å². The number of likely N-dealkylation sites (N-methyl/N-ethyl adjacent to an activating group) is 1. The van der Waals surface area contributed by atoms with Crippen molar-refractivity contribution in [2.45, 2.75) is 13.0 Å². The van der Waals surface area contributed by atoms with Gasteiger partial charge in [-0.1, -0.05) is 48.5 Å². The number of aromatic nitrogens is 2. The van der Waals surface area contributed by atoms with E-state index in [1.807, 2.05) is 47.4 Å². The molecule has 26 heavy (non-hydrogen) atoms. The summed E-state index contributed by atoms with van der Waals surface area (Å²) >= 11 is 0. The maximum absolute atomic E-state index is 13.1. The number of carbonyl (C=O) groups is 1. The largest absolute Gasteiger partial charge is 0.305 e. The molecule has 1 amide bonds. The molecule has 1 aliphatic rings. The summed E-state index contributed by atoms with van der Waals surface area (Å²) < 4.78 is 0. The lowest BCUT2D eigenvalue weighted by molar-refractivity contribution is 0.0981. The fraction of sp³-hybridized carbons (Fsp3) is 0.238. The molecule has 0 bridgehead atoms. The number of benzene rings is 2. The van der Waals surface area contributed by atoms with Crippen LogP contribution in [0.5, 0.6) is 0 Å². The van der Waals surface area contributed by atoms with Crippen molar-refractivity contribution in [3.8, 4) is 0 Å². The predicted molar refractivity (Wildman–Crippen MR) is 102 cm³/mol. The van der Waals surface area contributed by atoms with Crippen LogP contribution in [0.2, 0.25) is 0 Å². The SMILES string of the molecule is CN1CCN(C(=O)c2cc(Cc3ccccc3)[nH]n2)c2ccccc2C1. The molecule has 0 atom stereocenters. The summed E-state index contributed by atoms with van der Waals surface area (Å²) in [5.74, 6) is -0.0525. The molecule has 0 saturated carbocycles. The fourth-order valence-corrected chi connectivity index (χ4v) is 3.40. The van der Waals surface area contributed by atoms with Crippen molar-refractivity contribution in [3.63, 3.8) is 0 Å². The van der Waals surface area contributed by atoms with Gasteiger partial charge in [-0.25, -0.2) is 0 Å². The van der Waals surface area contributed by atoms with E-state index in [1.165, 1.54) is 11.1 Å². The second-order valence-corrected chi connectivity index (χ2v) is 6.76. The number of amides is 1. The number of carbonyl (C=O) groups excluding carboxylic acids is 1. The van der Waals surface area contributed by atoms with E-state index in [4.69, 9.17) is 0 Å². The van der Waals surface area contributed by atoms with Crippen LogP contribution in [-0.4, -0.2) is 41.1 Å². The number of hydrogen-bond acceptors (Lipinski definition) is 3. The fourth-order valence-electron chi connectivity index (χ4n) is 3.40.